The number of thioether (sulfide) groups is 1. The zero-order chi connectivity index (χ0) is 14.2. The molecule has 2 unspecified atom stereocenters. The van der Waals surface area contributed by atoms with E-state index < -0.39 is 15.8 Å². The zero-order valence-corrected chi connectivity index (χ0v) is 13.9. The summed E-state index contributed by atoms with van der Waals surface area (Å²) in [5, 5.41) is 0.253. The van der Waals surface area contributed by atoms with Crippen LogP contribution >= 0.6 is 27.7 Å². The molecule has 0 spiro atoms. The minimum absolute atomic E-state index is 0.0688. The predicted octanol–water partition coefficient (Wildman–Crippen LogP) is 3.10. The number of halogens is 2. The normalized spacial score (nSPS) is 25.5. The van der Waals surface area contributed by atoms with E-state index in [0.717, 1.165) is 5.75 Å². The van der Waals surface area contributed by atoms with Crippen LogP contribution in [0.5, 0.6) is 0 Å². The van der Waals surface area contributed by atoms with Crippen molar-refractivity contribution in [3.8, 4) is 0 Å². The number of benzene rings is 1. The van der Waals surface area contributed by atoms with Crippen molar-refractivity contribution in [2.75, 3.05) is 12.3 Å². The molecule has 106 valence electrons. The van der Waals surface area contributed by atoms with E-state index in [2.05, 4.69) is 15.9 Å². The lowest BCUT2D eigenvalue weighted by Crippen LogP contribution is -2.47. The Morgan fingerprint density at radius 3 is 2.74 bits per heavy atom. The monoisotopic (exact) mass is 367 g/mol. The summed E-state index contributed by atoms with van der Waals surface area (Å²) in [5.41, 5.74) is 0. The van der Waals surface area contributed by atoms with E-state index in [1.165, 1.54) is 22.5 Å². The van der Waals surface area contributed by atoms with Gasteiger partial charge in [0.1, 0.15) is 5.82 Å². The summed E-state index contributed by atoms with van der Waals surface area (Å²) in [4.78, 5) is 0.125. The summed E-state index contributed by atoms with van der Waals surface area (Å²) in [6, 6.07) is 3.60. The number of sulfonamides is 1. The molecule has 2 rings (SSSR count). The molecule has 19 heavy (non-hydrogen) atoms. The van der Waals surface area contributed by atoms with Crippen LogP contribution in [-0.4, -0.2) is 36.3 Å². The Balaban J connectivity index is 2.41. The van der Waals surface area contributed by atoms with Gasteiger partial charge in [0.25, 0.3) is 0 Å². The van der Waals surface area contributed by atoms with Crippen LogP contribution in [0.4, 0.5) is 4.39 Å². The van der Waals surface area contributed by atoms with Crippen molar-refractivity contribution in [2.24, 2.45) is 0 Å². The van der Waals surface area contributed by atoms with Gasteiger partial charge in [0.05, 0.1) is 4.90 Å². The molecule has 1 aromatic carbocycles. The van der Waals surface area contributed by atoms with Gasteiger partial charge in [0.15, 0.2) is 0 Å². The summed E-state index contributed by atoms with van der Waals surface area (Å²) < 4.78 is 40.1. The fourth-order valence-corrected chi connectivity index (χ4v) is 6.06. The number of rotatable bonds is 2. The van der Waals surface area contributed by atoms with Crippen molar-refractivity contribution in [3.63, 3.8) is 0 Å². The van der Waals surface area contributed by atoms with Gasteiger partial charge in [0, 0.05) is 28.1 Å². The van der Waals surface area contributed by atoms with E-state index in [0.29, 0.717) is 6.54 Å². The van der Waals surface area contributed by atoms with Gasteiger partial charge in [-0.2, -0.15) is 16.1 Å². The molecule has 1 saturated heterocycles. The fourth-order valence-electron chi connectivity index (χ4n) is 2.06. The van der Waals surface area contributed by atoms with Crippen molar-refractivity contribution in [2.45, 2.75) is 30.0 Å². The van der Waals surface area contributed by atoms with Crippen LogP contribution in [0.1, 0.15) is 13.8 Å². The molecule has 1 heterocycles. The molecule has 0 saturated carbocycles. The highest BCUT2D eigenvalue weighted by atomic mass is 79.9. The molecular weight excluding hydrogens is 353 g/mol. The topological polar surface area (TPSA) is 37.4 Å². The standard InChI is InChI=1S/C12H15BrFNO2S2/c1-8-9(2)18-6-5-15(8)19(16,17)12-4-3-10(14)7-11(12)13/h3-4,7-9H,5-6H2,1-2H3. The van der Waals surface area contributed by atoms with Crippen molar-refractivity contribution in [1.29, 1.82) is 0 Å². The average molecular weight is 368 g/mol. The van der Waals surface area contributed by atoms with Crippen LogP contribution in [0.3, 0.4) is 0 Å². The highest BCUT2D eigenvalue weighted by Gasteiger charge is 2.35. The molecule has 2 atom stereocenters. The van der Waals surface area contributed by atoms with Crippen LogP contribution in [0.15, 0.2) is 27.6 Å². The molecule has 1 fully saturated rings. The van der Waals surface area contributed by atoms with E-state index in [4.69, 9.17) is 0 Å². The van der Waals surface area contributed by atoms with Gasteiger partial charge in [-0.05, 0) is 41.1 Å². The maximum atomic E-state index is 13.1. The van der Waals surface area contributed by atoms with Crippen LogP contribution in [-0.2, 0) is 10.0 Å². The summed E-state index contributed by atoms with van der Waals surface area (Å²) in [7, 11) is -3.59. The Morgan fingerprint density at radius 1 is 1.42 bits per heavy atom. The van der Waals surface area contributed by atoms with Crippen LogP contribution in [0.25, 0.3) is 0 Å². The Morgan fingerprint density at radius 2 is 2.11 bits per heavy atom. The molecular formula is C12H15BrFNO2S2. The molecule has 0 amide bonds. The molecule has 1 aliphatic heterocycles. The van der Waals surface area contributed by atoms with E-state index >= 15 is 0 Å². The first-order chi connectivity index (χ1) is 8.84. The van der Waals surface area contributed by atoms with Gasteiger partial charge in [-0.3, -0.25) is 0 Å². The average Bonchev–Trinajstić information content (AvgIpc) is 2.31. The summed E-state index contributed by atoms with van der Waals surface area (Å²) >= 11 is 4.90. The fraction of sp³-hybridized carbons (Fsp3) is 0.500. The number of nitrogens with zero attached hydrogens (tertiary/aromatic N) is 1. The second-order valence-electron chi connectivity index (χ2n) is 4.51. The molecule has 1 aromatic rings. The molecule has 7 heteroatoms. The molecule has 1 aliphatic rings. The third-order valence-corrected chi connectivity index (χ3v) is 7.61. The Bertz CT molecular complexity index is 579. The van der Waals surface area contributed by atoms with Gasteiger partial charge >= 0.3 is 0 Å². The summed E-state index contributed by atoms with van der Waals surface area (Å²) in [6.07, 6.45) is 0. The first-order valence-corrected chi connectivity index (χ1v) is 9.20. The van der Waals surface area contributed by atoms with Gasteiger partial charge < -0.3 is 0 Å². The van der Waals surface area contributed by atoms with Gasteiger partial charge in [-0.1, -0.05) is 6.92 Å². The second-order valence-corrected chi connectivity index (χ2v) is 8.71. The maximum Gasteiger partial charge on any atom is 0.244 e. The van der Waals surface area contributed by atoms with Gasteiger partial charge in [-0.15, -0.1) is 0 Å². The Kier molecular flexibility index (Phi) is 4.59. The molecule has 0 aromatic heterocycles. The van der Waals surface area contributed by atoms with Crippen molar-refractivity contribution in [3.05, 3.63) is 28.5 Å². The minimum atomic E-state index is -3.59. The molecule has 0 aliphatic carbocycles. The summed E-state index contributed by atoms with van der Waals surface area (Å²) in [6.45, 7) is 4.42. The van der Waals surface area contributed by atoms with Crippen LogP contribution in [0, 0.1) is 5.82 Å². The predicted molar refractivity (Wildman–Crippen MR) is 79.4 cm³/mol. The maximum absolute atomic E-state index is 13.1. The second kappa shape index (κ2) is 5.71. The summed E-state index contributed by atoms with van der Waals surface area (Å²) in [5.74, 6) is 0.324. The van der Waals surface area contributed by atoms with Crippen molar-refractivity contribution >= 4 is 37.7 Å². The van der Waals surface area contributed by atoms with Crippen LogP contribution in [0.2, 0.25) is 0 Å². The van der Waals surface area contributed by atoms with Gasteiger partial charge in [0.2, 0.25) is 10.0 Å². The van der Waals surface area contributed by atoms with Gasteiger partial charge in [-0.25, -0.2) is 12.8 Å². The lowest BCUT2D eigenvalue weighted by atomic mass is 10.2. The molecule has 3 nitrogen and oxygen atoms in total. The highest BCUT2D eigenvalue weighted by molar-refractivity contribution is 9.10. The van der Waals surface area contributed by atoms with E-state index in [1.807, 2.05) is 13.8 Å². The minimum Gasteiger partial charge on any atom is -0.207 e. The SMILES string of the molecule is CC1SCCN(S(=O)(=O)c2ccc(F)cc2Br)C1C. The smallest absolute Gasteiger partial charge is 0.207 e. The highest BCUT2D eigenvalue weighted by Crippen LogP contribution is 2.32. The third kappa shape index (κ3) is 2.99. The third-order valence-electron chi connectivity index (χ3n) is 3.31. The van der Waals surface area contributed by atoms with E-state index in [9.17, 15) is 12.8 Å². The lowest BCUT2D eigenvalue weighted by molar-refractivity contribution is 0.340. The first kappa shape index (κ1) is 15.3. The number of hydrogen-bond acceptors (Lipinski definition) is 3. The molecule has 0 N–H and O–H groups in total. The molecule has 0 bridgehead atoms. The Hall–Kier alpha value is -0.110. The van der Waals surface area contributed by atoms with E-state index in [-0.39, 0.29) is 20.7 Å². The van der Waals surface area contributed by atoms with Crippen LogP contribution < -0.4 is 0 Å². The quantitative estimate of drug-likeness (QED) is 0.805. The lowest BCUT2D eigenvalue weighted by Gasteiger charge is -2.36. The zero-order valence-electron chi connectivity index (χ0n) is 10.6. The largest absolute Gasteiger partial charge is 0.244 e. The number of hydrogen-bond donors (Lipinski definition) is 0. The Labute approximate surface area is 125 Å². The van der Waals surface area contributed by atoms with Crippen molar-refractivity contribution in [1.82, 2.24) is 4.31 Å². The molecule has 0 radical (unpaired) electrons. The van der Waals surface area contributed by atoms with Crippen molar-refractivity contribution < 1.29 is 12.8 Å². The van der Waals surface area contributed by atoms with E-state index in [1.54, 1.807) is 11.8 Å². The first-order valence-electron chi connectivity index (χ1n) is 5.92.